The van der Waals surface area contributed by atoms with Crippen LogP contribution in [0.15, 0.2) is 18.2 Å². The number of carbonyl (C=O) groups is 2. The molecule has 0 atom stereocenters. The van der Waals surface area contributed by atoms with Crippen molar-refractivity contribution in [1.82, 2.24) is 15.1 Å². The van der Waals surface area contributed by atoms with E-state index in [9.17, 15) is 9.59 Å². The molecule has 120 valence electrons. The van der Waals surface area contributed by atoms with Gasteiger partial charge in [-0.3, -0.25) is 4.79 Å². The van der Waals surface area contributed by atoms with Crippen molar-refractivity contribution in [3.8, 4) is 0 Å². The molecule has 1 fully saturated rings. The van der Waals surface area contributed by atoms with E-state index in [0.717, 1.165) is 5.56 Å². The molecule has 1 saturated heterocycles. The second-order valence-electron chi connectivity index (χ2n) is 5.13. The normalized spacial score (nSPS) is 14.9. The molecule has 5 nitrogen and oxygen atoms in total. The standard InChI is InChI=1S/C15H19Cl2N3O2/c1-2-18-15(22)20-7-5-19(6-8-20)14(21)10-11-3-4-12(16)13(17)9-11/h3-4,9H,2,5-8,10H2,1H3,(H,18,22). The number of benzene rings is 1. The third-order valence-electron chi connectivity index (χ3n) is 3.59. The zero-order valence-corrected chi connectivity index (χ0v) is 14.0. The second-order valence-corrected chi connectivity index (χ2v) is 5.94. The third kappa shape index (κ3) is 4.27. The van der Waals surface area contributed by atoms with Crippen LogP contribution in [0.5, 0.6) is 0 Å². The first kappa shape index (κ1) is 16.9. The van der Waals surface area contributed by atoms with Crippen molar-refractivity contribution in [2.45, 2.75) is 13.3 Å². The lowest BCUT2D eigenvalue weighted by Gasteiger charge is -2.34. The molecular formula is C15H19Cl2N3O2. The van der Waals surface area contributed by atoms with E-state index in [4.69, 9.17) is 23.2 Å². The van der Waals surface area contributed by atoms with E-state index in [1.165, 1.54) is 0 Å². The molecule has 0 saturated carbocycles. The van der Waals surface area contributed by atoms with Gasteiger partial charge in [0.05, 0.1) is 16.5 Å². The summed E-state index contributed by atoms with van der Waals surface area (Å²) in [6.45, 7) is 4.71. The topological polar surface area (TPSA) is 52.7 Å². The molecule has 1 aromatic rings. The Morgan fingerprint density at radius 2 is 1.73 bits per heavy atom. The van der Waals surface area contributed by atoms with Crippen molar-refractivity contribution in [3.05, 3.63) is 33.8 Å². The highest BCUT2D eigenvalue weighted by atomic mass is 35.5. The largest absolute Gasteiger partial charge is 0.339 e. The molecule has 1 aliphatic heterocycles. The van der Waals surface area contributed by atoms with E-state index in [-0.39, 0.29) is 18.4 Å². The number of hydrogen-bond donors (Lipinski definition) is 1. The van der Waals surface area contributed by atoms with Crippen LogP contribution in [-0.4, -0.2) is 54.5 Å². The molecule has 7 heteroatoms. The molecule has 1 aliphatic rings. The summed E-state index contributed by atoms with van der Waals surface area (Å²) in [7, 11) is 0. The summed E-state index contributed by atoms with van der Waals surface area (Å²) in [6.07, 6.45) is 0.290. The fraction of sp³-hybridized carbons (Fsp3) is 0.467. The van der Waals surface area contributed by atoms with Crippen molar-refractivity contribution in [1.29, 1.82) is 0 Å². The molecule has 22 heavy (non-hydrogen) atoms. The predicted molar refractivity (Wildman–Crippen MR) is 87.4 cm³/mol. The number of amides is 3. The molecular weight excluding hydrogens is 325 g/mol. The van der Waals surface area contributed by atoms with E-state index in [1.54, 1.807) is 28.0 Å². The number of rotatable bonds is 3. The summed E-state index contributed by atoms with van der Waals surface area (Å²) < 4.78 is 0. The Labute approximate surface area is 140 Å². The minimum atomic E-state index is -0.0703. The minimum Gasteiger partial charge on any atom is -0.339 e. The van der Waals surface area contributed by atoms with E-state index in [1.807, 2.05) is 6.92 Å². The van der Waals surface area contributed by atoms with Crippen LogP contribution >= 0.6 is 23.2 Å². The fourth-order valence-electron chi connectivity index (χ4n) is 2.36. The highest BCUT2D eigenvalue weighted by Gasteiger charge is 2.23. The average Bonchev–Trinajstić information content (AvgIpc) is 2.51. The van der Waals surface area contributed by atoms with E-state index in [0.29, 0.717) is 42.8 Å². The molecule has 0 unspecified atom stereocenters. The summed E-state index contributed by atoms with van der Waals surface area (Å²) in [6, 6.07) is 5.14. The highest BCUT2D eigenvalue weighted by Crippen LogP contribution is 2.23. The van der Waals surface area contributed by atoms with Crippen molar-refractivity contribution in [2.24, 2.45) is 0 Å². The molecule has 1 heterocycles. The van der Waals surface area contributed by atoms with Crippen LogP contribution in [0.3, 0.4) is 0 Å². The van der Waals surface area contributed by atoms with Crippen LogP contribution in [0.1, 0.15) is 12.5 Å². The second kappa shape index (κ2) is 7.70. The van der Waals surface area contributed by atoms with Gasteiger partial charge in [0.1, 0.15) is 0 Å². The number of hydrogen-bond acceptors (Lipinski definition) is 2. The van der Waals surface area contributed by atoms with Crippen LogP contribution in [0.25, 0.3) is 0 Å². The Bertz CT molecular complexity index is 558. The summed E-state index contributed by atoms with van der Waals surface area (Å²) in [5.41, 5.74) is 0.838. The van der Waals surface area contributed by atoms with E-state index in [2.05, 4.69) is 5.32 Å². The molecule has 0 spiro atoms. The quantitative estimate of drug-likeness (QED) is 0.916. The highest BCUT2D eigenvalue weighted by molar-refractivity contribution is 6.42. The van der Waals surface area contributed by atoms with Crippen LogP contribution in [0, 0.1) is 0 Å². The zero-order chi connectivity index (χ0) is 16.1. The average molecular weight is 344 g/mol. The SMILES string of the molecule is CCNC(=O)N1CCN(C(=O)Cc2ccc(Cl)c(Cl)c2)CC1. The predicted octanol–water partition coefficient (Wildman–Crippen LogP) is 2.41. The maximum atomic E-state index is 12.3. The molecule has 0 aromatic heterocycles. The van der Waals surface area contributed by atoms with Gasteiger partial charge in [-0.1, -0.05) is 29.3 Å². The molecule has 0 radical (unpaired) electrons. The van der Waals surface area contributed by atoms with Gasteiger partial charge < -0.3 is 15.1 Å². The van der Waals surface area contributed by atoms with Gasteiger partial charge in [-0.25, -0.2) is 4.79 Å². The van der Waals surface area contributed by atoms with Crippen LogP contribution in [-0.2, 0) is 11.2 Å². The van der Waals surface area contributed by atoms with Crippen molar-refractivity contribution in [3.63, 3.8) is 0 Å². The number of piperazine rings is 1. The van der Waals surface area contributed by atoms with Gasteiger partial charge in [-0.2, -0.15) is 0 Å². The smallest absolute Gasteiger partial charge is 0.317 e. The molecule has 1 aromatic carbocycles. The lowest BCUT2D eigenvalue weighted by atomic mass is 10.1. The Morgan fingerprint density at radius 3 is 2.32 bits per heavy atom. The van der Waals surface area contributed by atoms with Gasteiger partial charge in [0.2, 0.25) is 5.91 Å². The van der Waals surface area contributed by atoms with Crippen LogP contribution in [0.2, 0.25) is 10.0 Å². The van der Waals surface area contributed by atoms with Crippen molar-refractivity contribution in [2.75, 3.05) is 32.7 Å². The lowest BCUT2D eigenvalue weighted by molar-refractivity contribution is -0.131. The van der Waals surface area contributed by atoms with E-state index < -0.39 is 0 Å². The minimum absolute atomic E-state index is 0.0361. The van der Waals surface area contributed by atoms with Gasteiger partial charge in [0, 0.05) is 32.7 Å². The number of halogens is 2. The number of urea groups is 1. The molecule has 1 N–H and O–H groups in total. The summed E-state index contributed by atoms with van der Waals surface area (Å²) in [4.78, 5) is 27.5. The fourth-order valence-corrected chi connectivity index (χ4v) is 2.68. The Morgan fingerprint density at radius 1 is 1.09 bits per heavy atom. The summed E-state index contributed by atoms with van der Waals surface area (Å²) >= 11 is 11.8. The Hall–Kier alpha value is -1.46. The maximum Gasteiger partial charge on any atom is 0.317 e. The van der Waals surface area contributed by atoms with Gasteiger partial charge >= 0.3 is 6.03 Å². The molecule has 2 rings (SSSR count). The maximum absolute atomic E-state index is 12.3. The molecule has 0 aliphatic carbocycles. The van der Waals surface area contributed by atoms with Gasteiger partial charge in [0.25, 0.3) is 0 Å². The van der Waals surface area contributed by atoms with Gasteiger partial charge in [-0.05, 0) is 24.6 Å². The van der Waals surface area contributed by atoms with Gasteiger partial charge in [-0.15, -0.1) is 0 Å². The monoisotopic (exact) mass is 343 g/mol. The first-order valence-electron chi connectivity index (χ1n) is 7.25. The molecule has 3 amide bonds. The molecule has 0 bridgehead atoms. The first-order valence-corrected chi connectivity index (χ1v) is 8.01. The number of carbonyl (C=O) groups excluding carboxylic acids is 2. The Balaban J connectivity index is 1.87. The third-order valence-corrected chi connectivity index (χ3v) is 4.33. The first-order chi connectivity index (χ1) is 10.5. The van der Waals surface area contributed by atoms with Crippen molar-refractivity contribution >= 4 is 35.1 Å². The van der Waals surface area contributed by atoms with Crippen molar-refractivity contribution < 1.29 is 9.59 Å². The summed E-state index contributed by atoms with van der Waals surface area (Å²) in [5, 5.41) is 3.70. The van der Waals surface area contributed by atoms with Crippen LogP contribution < -0.4 is 5.32 Å². The Kier molecular flexibility index (Phi) is 5.91. The zero-order valence-electron chi connectivity index (χ0n) is 12.4. The van der Waals surface area contributed by atoms with E-state index >= 15 is 0 Å². The number of nitrogens with one attached hydrogen (secondary N) is 1. The van der Waals surface area contributed by atoms with Gasteiger partial charge in [0.15, 0.2) is 0 Å². The number of nitrogens with zero attached hydrogens (tertiary/aromatic N) is 2. The summed E-state index contributed by atoms with van der Waals surface area (Å²) in [5.74, 6) is 0.0361. The lowest BCUT2D eigenvalue weighted by Crippen LogP contribution is -2.53. The van der Waals surface area contributed by atoms with Crippen LogP contribution in [0.4, 0.5) is 4.79 Å².